The molecule has 9 heteroatoms. The van der Waals surface area contributed by atoms with Gasteiger partial charge < -0.3 is 15.5 Å². The van der Waals surface area contributed by atoms with Gasteiger partial charge in [0.2, 0.25) is 0 Å². The van der Waals surface area contributed by atoms with Crippen molar-refractivity contribution < 1.29 is 29.1 Å². The molecular formula is C11H11FN2O6. The lowest BCUT2D eigenvalue weighted by Crippen LogP contribution is -2.41. The number of amides is 1. The second kappa shape index (κ2) is 6.57. The molecule has 0 saturated carbocycles. The van der Waals surface area contributed by atoms with Crippen molar-refractivity contribution >= 4 is 17.6 Å². The van der Waals surface area contributed by atoms with Crippen LogP contribution in [-0.4, -0.2) is 39.7 Å². The number of carbonyl (C=O) groups is 2. The molecule has 1 aromatic carbocycles. The number of halogens is 1. The number of carbonyl (C=O) groups excluding carboxylic acids is 1. The summed E-state index contributed by atoms with van der Waals surface area (Å²) in [5.41, 5.74) is -1.13. The Morgan fingerprint density at radius 1 is 1.45 bits per heavy atom. The van der Waals surface area contributed by atoms with Gasteiger partial charge in [0, 0.05) is 25.2 Å². The second-order valence-corrected chi connectivity index (χ2v) is 3.80. The molecule has 3 N–H and O–H groups in total. The number of benzene rings is 1. The molecule has 0 aliphatic heterocycles. The lowest BCUT2D eigenvalue weighted by Gasteiger charge is -2.13. The Morgan fingerprint density at radius 2 is 2.10 bits per heavy atom. The summed E-state index contributed by atoms with van der Waals surface area (Å²) in [5, 5.41) is 30.0. The van der Waals surface area contributed by atoms with Gasteiger partial charge in [0.15, 0.2) is 0 Å². The first-order valence-corrected chi connectivity index (χ1v) is 5.45. The van der Waals surface area contributed by atoms with Crippen LogP contribution in [0.4, 0.5) is 10.1 Å². The average Bonchev–Trinajstić information content (AvgIpc) is 2.38. The summed E-state index contributed by atoms with van der Waals surface area (Å²) in [7, 11) is 0. The predicted octanol–water partition coefficient (Wildman–Crippen LogP) is 0.299. The van der Waals surface area contributed by atoms with Crippen LogP contribution in [-0.2, 0) is 4.79 Å². The molecule has 0 fully saturated rings. The summed E-state index contributed by atoms with van der Waals surface area (Å²) in [6.45, 7) is -0.491. The van der Waals surface area contributed by atoms with E-state index in [2.05, 4.69) is 0 Å². The van der Waals surface area contributed by atoms with Crippen LogP contribution in [0, 0.1) is 15.9 Å². The fourth-order valence-corrected chi connectivity index (χ4v) is 1.42. The third-order valence-electron chi connectivity index (χ3n) is 2.43. The fourth-order valence-electron chi connectivity index (χ4n) is 1.42. The van der Waals surface area contributed by atoms with Gasteiger partial charge in [-0.15, -0.1) is 0 Å². The van der Waals surface area contributed by atoms with Crippen molar-refractivity contribution in [1.82, 2.24) is 5.32 Å². The first-order chi connectivity index (χ1) is 9.36. The maximum atomic E-state index is 13.4. The Bertz CT molecular complexity index is 548. The Labute approximate surface area is 112 Å². The Balaban J connectivity index is 2.99. The van der Waals surface area contributed by atoms with Crippen molar-refractivity contribution in [2.45, 2.75) is 12.5 Å². The Kier molecular flexibility index (Phi) is 5.09. The number of non-ortho nitro benzene ring substituents is 1. The number of rotatable bonds is 6. The number of nitro benzene ring substituents is 1. The van der Waals surface area contributed by atoms with Gasteiger partial charge >= 0.3 is 5.97 Å². The van der Waals surface area contributed by atoms with Gasteiger partial charge in [-0.1, -0.05) is 0 Å². The van der Waals surface area contributed by atoms with Crippen molar-refractivity contribution in [3.8, 4) is 0 Å². The molecule has 1 atom stereocenters. The number of aliphatic carboxylic acids is 1. The number of carboxylic acid groups (broad SMARTS) is 1. The third-order valence-corrected chi connectivity index (χ3v) is 2.43. The van der Waals surface area contributed by atoms with E-state index >= 15 is 0 Å². The minimum atomic E-state index is -1.41. The quantitative estimate of drug-likeness (QED) is 0.509. The molecule has 1 aromatic rings. The van der Waals surface area contributed by atoms with E-state index in [-0.39, 0.29) is 6.42 Å². The number of carboxylic acids is 1. The first kappa shape index (κ1) is 15.5. The molecule has 1 amide bonds. The molecule has 0 radical (unpaired) electrons. The van der Waals surface area contributed by atoms with E-state index in [1.165, 1.54) is 0 Å². The molecular weight excluding hydrogens is 275 g/mol. The van der Waals surface area contributed by atoms with E-state index in [1.54, 1.807) is 0 Å². The number of nitrogens with zero attached hydrogens (tertiary/aromatic N) is 1. The van der Waals surface area contributed by atoms with Crippen LogP contribution in [0.15, 0.2) is 18.2 Å². The highest BCUT2D eigenvalue weighted by molar-refractivity contribution is 5.97. The van der Waals surface area contributed by atoms with Crippen LogP contribution in [0.2, 0.25) is 0 Å². The van der Waals surface area contributed by atoms with Gasteiger partial charge in [-0.3, -0.25) is 14.9 Å². The molecule has 0 aromatic heterocycles. The van der Waals surface area contributed by atoms with Gasteiger partial charge in [0.1, 0.15) is 11.9 Å². The monoisotopic (exact) mass is 286 g/mol. The van der Waals surface area contributed by atoms with Gasteiger partial charge in [-0.2, -0.15) is 0 Å². The number of nitrogens with one attached hydrogen (secondary N) is 1. The minimum Gasteiger partial charge on any atom is -0.480 e. The maximum Gasteiger partial charge on any atom is 0.326 e. The van der Waals surface area contributed by atoms with Crippen LogP contribution in [0.5, 0.6) is 0 Å². The van der Waals surface area contributed by atoms with E-state index in [9.17, 15) is 24.1 Å². The maximum absolute atomic E-state index is 13.4. The largest absolute Gasteiger partial charge is 0.480 e. The van der Waals surface area contributed by atoms with Crippen molar-refractivity contribution in [2.75, 3.05) is 6.61 Å². The van der Waals surface area contributed by atoms with Crippen LogP contribution in [0.25, 0.3) is 0 Å². The Hall–Kier alpha value is -2.55. The molecule has 0 aliphatic carbocycles. The third kappa shape index (κ3) is 3.72. The highest BCUT2D eigenvalue weighted by Crippen LogP contribution is 2.17. The predicted molar refractivity (Wildman–Crippen MR) is 63.6 cm³/mol. The normalized spacial score (nSPS) is 11.7. The summed E-state index contributed by atoms with van der Waals surface area (Å²) in [5.74, 6) is -3.52. The highest BCUT2D eigenvalue weighted by Gasteiger charge is 2.23. The number of nitro groups is 1. The zero-order chi connectivity index (χ0) is 15.3. The van der Waals surface area contributed by atoms with Crippen LogP contribution in [0.1, 0.15) is 16.8 Å². The molecule has 1 rings (SSSR count). The summed E-state index contributed by atoms with van der Waals surface area (Å²) in [4.78, 5) is 32.2. The minimum absolute atomic E-state index is 0.266. The summed E-state index contributed by atoms with van der Waals surface area (Å²) in [6.07, 6.45) is -0.266. The average molecular weight is 286 g/mol. The van der Waals surface area contributed by atoms with Gasteiger partial charge in [-0.25, -0.2) is 9.18 Å². The molecule has 0 spiro atoms. The number of hydrogen-bond donors (Lipinski definition) is 3. The fraction of sp³-hybridized carbons (Fsp3) is 0.273. The van der Waals surface area contributed by atoms with Crippen molar-refractivity contribution in [3.63, 3.8) is 0 Å². The van der Waals surface area contributed by atoms with Gasteiger partial charge in [-0.05, 0) is 6.07 Å². The van der Waals surface area contributed by atoms with Gasteiger partial charge in [0.05, 0.1) is 10.5 Å². The van der Waals surface area contributed by atoms with Crippen molar-refractivity contribution in [3.05, 3.63) is 39.7 Å². The van der Waals surface area contributed by atoms with E-state index in [4.69, 9.17) is 10.2 Å². The molecule has 0 unspecified atom stereocenters. The summed E-state index contributed by atoms with van der Waals surface area (Å²) < 4.78 is 13.4. The molecule has 8 nitrogen and oxygen atoms in total. The number of aliphatic hydroxyl groups excluding tert-OH is 1. The smallest absolute Gasteiger partial charge is 0.326 e. The van der Waals surface area contributed by atoms with E-state index in [1.807, 2.05) is 5.32 Å². The van der Waals surface area contributed by atoms with E-state index in [0.717, 1.165) is 12.1 Å². The van der Waals surface area contributed by atoms with Crippen molar-refractivity contribution in [1.29, 1.82) is 0 Å². The zero-order valence-electron chi connectivity index (χ0n) is 10.1. The topological polar surface area (TPSA) is 130 Å². The highest BCUT2D eigenvalue weighted by atomic mass is 19.1. The van der Waals surface area contributed by atoms with E-state index in [0.29, 0.717) is 6.07 Å². The van der Waals surface area contributed by atoms with E-state index < -0.39 is 46.5 Å². The Morgan fingerprint density at radius 3 is 2.60 bits per heavy atom. The molecule has 0 saturated heterocycles. The first-order valence-electron chi connectivity index (χ1n) is 5.45. The lowest BCUT2D eigenvalue weighted by molar-refractivity contribution is -0.384. The van der Waals surface area contributed by atoms with Crippen molar-refractivity contribution in [2.24, 2.45) is 0 Å². The molecule has 0 bridgehead atoms. The summed E-state index contributed by atoms with van der Waals surface area (Å²) in [6, 6.07) is 0.928. The van der Waals surface area contributed by atoms with Crippen LogP contribution in [0.3, 0.4) is 0 Å². The molecule has 20 heavy (non-hydrogen) atoms. The SMILES string of the molecule is O=C(N[C@@H](CCO)C(=O)O)c1cc([N+](=O)[O-])ccc1F. The molecule has 108 valence electrons. The lowest BCUT2D eigenvalue weighted by atomic mass is 10.1. The standard InChI is InChI=1S/C11H11FN2O6/c12-8-2-1-6(14(19)20)5-7(8)10(16)13-9(3-4-15)11(17)18/h1-2,5,9,15H,3-4H2,(H,13,16)(H,17,18)/t9-/m0/s1. The summed E-state index contributed by atoms with van der Waals surface area (Å²) >= 11 is 0. The second-order valence-electron chi connectivity index (χ2n) is 3.80. The molecule has 0 heterocycles. The van der Waals surface area contributed by atoms with Crippen LogP contribution < -0.4 is 5.32 Å². The number of aliphatic hydroxyl groups is 1. The van der Waals surface area contributed by atoms with Gasteiger partial charge in [0.25, 0.3) is 11.6 Å². The van der Waals surface area contributed by atoms with Crippen LogP contribution >= 0.6 is 0 Å². The number of hydrogen-bond acceptors (Lipinski definition) is 5. The zero-order valence-corrected chi connectivity index (χ0v) is 10.1. The molecule has 0 aliphatic rings.